The summed E-state index contributed by atoms with van der Waals surface area (Å²) in [6.07, 6.45) is 5.35. The van der Waals surface area contributed by atoms with Gasteiger partial charge in [-0.15, -0.1) is 0 Å². The third-order valence-electron chi connectivity index (χ3n) is 5.03. The first-order valence-electron chi connectivity index (χ1n) is 6.37. The van der Waals surface area contributed by atoms with E-state index >= 15 is 0 Å². The third kappa shape index (κ3) is 1.30. The SMILES string of the molecule is CN(C)C[C@H]1C(=O)[C@H]2C[C@@H]1[C@H]1CCC[C@H]12. The summed E-state index contributed by atoms with van der Waals surface area (Å²) in [6.45, 7) is 0.989. The van der Waals surface area contributed by atoms with Crippen molar-refractivity contribution in [3.05, 3.63) is 0 Å². The van der Waals surface area contributed by atoms with E-state index in [4.69, 9.17) is 0 Å². The summed E-state index contributed by atoms with van der Waals surface area (Å²) in [7, 11) is 4.18. The number of carbonyl (C=O) groups is 1. The van der Waals surface area contributed by atoms with Crippen LogP contribution in [0.5, 0.6) is 0 Å². The van der Waals surface area contributed by atoms with E-state index in [-0.39, 0.29) is 0 Å². The molecule has 84 valence electrons. The smallest absolute Gasteiger partial charge is 0.140 e. The zero-order chi connectivity index (χ0) is 10.6. The number of rotatable bonds is 2. The van der Waals surface area contributed by atoms with E-state index in [2.05, 4.69) is 19.0 Å². The van der Waals surface area contributed by atoms with Crippen molar-refractivity contribution in [3.8, 4) is 0 Å². The number of fused-ring (bicyclic) bond motifs is 5. The van der Waals surface area contributed by atoms with Crippen LogP contribution in [-0.2, 0) is 4.79 Å². The summed E-state index contributed by atoms with van der Waals surface area (Å²) >= 11 is 0. The molecule has 0 aromatic carbocycles. The highest BCUT2D eigenvalue weighted by Crippen LogP contribution is 2.59. The second-order valence-electron chi connectivity index (χ2n) is 6.04. The number of hydrogen-bond donors (Lipinski definition) is 0. The number of Topliss-reactive ketones (excluding diaryl/α,β-unsaturated/α-hetero) is 1. The largest absolute Gasteiger partial charge is 0.309 e. The predicted molar refractivity (Wildman–Crippen MR) is 59.5 cm³/mol. The van der Waals surface area contributed by atoms with Crippen LogP contribution < -0.4 is 0 Å². The molecular formula is C13H21NO. The zero-order valence-electron chi connectivity index (χ0n) is 9.78. The van der Waals surface area contributed by atoms with E-state index in [1.165, 1.54) is 25.7 Å². The van der Waals surface area contributed by atoms with E-state index < -0.39 is 0 Å². The van der Waals surface area contributed by atoms with Gasteiger partial charge in [0.1, 0.15) is 5.78 Å². The van der Waals surface area contributed by atoms with Gasteiger partial charge in [-0.2, -0.15) is 0 Å². The Morgan fingerprint density at radius 3 is 2.67 bits per heavy atom. The van der Waals surface area contributed by atoms with Crippen LogP contribution in [0.2, 0.25) is 0 Å². The topological polar surface area (TPSA) is 20.3 Å². The van der Waals surface area contributed by atoms with E-state index in [0.717, 1.165) is 24.3 Å². The second kappa shape index (κ2) is 3.31. The van der Waals surface area contributed by atoms with Gasteiger partial charge in [0.2, 0.25) is 0 Å². The van der Waals surface area contributed by atoms with E-state index in [9.17, 15) is 4.79 Å². The lowest BCUT2D eigenvalue weighted by molar-refractivity contribution is -0.129. The lowest BCUT2D eigenvalue weighted by Crippen LogP contribution is -2.38. The summed E-state index contributed by atoms with van der Waals surface area (Å²) in [5, 5.41) is 0. The predicted octanol–water partition coefficient (Wildman–Crippen LogP) is 1.80. The molecule has 15 heavy (non-hydrogen) atoms. The standard InChI is InChI=1S/C13H21NO/c1-14(2)7-12-10-6-11(13(12)15)9-5-3-4-8(9)10/h8-12H,3-7H2,1-2H3/t8-,9+,10+,11-,12+/m0/s1. The molecule has 0 radical (unpaired) electrons. The van der Waals surface area contributed by atoms with Gasteiger partial charge in [-0.05, 0) is 51.1 Å². The van der Waals surface area contributed by atoms with Gasteiger partial charge in [0, 0.05) is 18.4 Å². The van der Waals surface area contributed by atoms with Gasteiger partial charge in [0.25, 0.3) is 0 Å². The van der Waals surface area contributed by atoms with Crippen molar-refractivity contribution in [2.45, 2.75) is 25.7 Å². The molecule has 2 nitrogen and oxygen atoms in total. The minimum atomic E-state index is 0.379. The Hall–Kier alpha value is -0.370. The molecule has 0 saturated heterocycles. The summed E-state index contributed by atoms with van der Waals surface area (Å²) < 4.78 is 0. The molecule has 0 spiro atoms. The average Bonchev–Trinajstić information content (AvgIpc) is 2.77. The molecule has 0 amide bonds. The first kappa shape index (κ1) is 9.83. The monoisotopic (exact) mass is 207 g/mol. The molecular weight excluding hydrogens is 186 g/mol. The molecule has 2 bridgehead atoms. The molecule has 0 unspecified atom stereocenters. The summed E-state index contributed by atoms with van der Waals surface area (Å²) in [4.78, 5) is 14.4. The Bertz CT molecular complexity index is 286. The Kier molecular flexibility index (Phi) is 2.17. The number of hydrogen-bond acceptors (Lipinski definition) is 2. The second-order valence-corrected chi connectivity index (χ2v) is 6.04. The fourth-order valence-electron chi connectivity index (χ4n) is 4.59. The molecule has 0 aliphatic heterocycles. The molecule has 0 heterocycles. The number of nitrogens with zero attached hydrogens (tertiary/aromatic N) is 1. The fraction of sp³-hybridized carbons (Fsp3) is 0.923. The van der Waals surface area contributed by atoms with Crippen LogP contribution in [0.25, 0.3) is 0 Å². The number of carbonyl (C=O) groups excluding carboxylic acids is 1. The molecule has 3 fully saturated rings. The Morgan fingerprint density at radius 2 is 1.93 bits per heavy atom. The Balaban J connectivity index is 1.81. The molecule has 0 aromatic rings. The molecule has 3 aliphatic rings. The zero-order valence-corrected chi connectivity index (χ0v) is 9.78. The van der Waals surface area contributed by atoms with Crippen LogP contribution in [-0.4, -0.2) is 31.3 Å². The van der Waals surface area contributed by atoms with Crippen molar-refractivity contribution < 1.29 is 4.79 Å². The van der Waals surface area contributed by atoms with Crippen molar-refractivity contribution in [3.63, 3.8) is 0 Å². The lowest BCUT2D eigenvalue weighted by Gasteiger charge is -2.31. The highest BCUT2D eigenvalue weighted by atomic mass is 16.1. The van der Waals surface area contributed by atoms with Gasteiger partial charge in [-0.1, -0.05) is 6.42 Å². The van der Waals surface area contributed by atoms with E-state index in [0.29, 0.717) is 17.6 Å². The van der Waals surface area contributed by atoms with Crippen LogP contribution in [0.15, 0.2) is 0 Å². The van der Waals surface area contributed by atoms with Crippen LogP contribution in [0.3, 0.4) is 0 Å². The third-order valence-corrected chi connectivity index (χ3v) is 5.03. The highest BCUT2D eigenvalue weighted by molar-refractivity contribution is 5.87. The highest BCUT2D eigenvalue weighted by Gasteiger charge is 2.58. The Morgan fingerprint density at radius 1 is 1.20 bits per heavy atom. The first-order chi connectivity index (χ1) is 7.18. The minimum absolute atomic E-state index is 0.379. The molecule has 2 heteroatoms. The summed E-state index contributed by atoms with van der Waals surface area (Å²) in [5.41, 5.74) is 0. The van der Waals surface area contributed by atoms with Crippen LogP contribution in [0.1, 0.15) is 25.7 Å². The van der Waals surface area contributed by atoms with Gasteiger partial charge in [-0.3, -0.25) is 4.79 Å². The molecule has 0 aromatic heterocycles. The summed E-state index contributed by atoms with van der Waals surface area (Å²) in [6, 6.07) is 0. The maximum atomic E-state index is 12.2. The molecule has 3 rings (SSSR count). The molecule has 3 aliphatic carbocycles. The maximum absolute atomic E-state index is 12.2. The maximum Gasteiger partial charge on any atom is 0.140 e. The number of ketones is 1. The molecule has 0 N–H and O–H groups in total. The van der Waals surface area contributed by atoms with Crippen molar-refractivity contribution >= 4 is 5.78 Å². The average molecular weight is 207 g/mol. The van der Waals surface area contributed by atoms with Gasteiger partial charge in [0.05, 0.1) is 0 Å². The van der Waals surface area contributed by atoms with Crippen molar-refractivity contribution in [1.29, 1.82) is 0 Å². The lowest BCUT2D eigenvalue weighted by atomic mass is 9.75. The Labute approximate surface area is 92.0 Å². The van der Waals surface area contributed by atoms with Crippen LogP contribution in [0.4, 0.5) is 0 Å². The van der Waals surface area contributed by atoms with Crippen LogP contribution in [0, 0.1) is 29.6 Å². The van der Waals surface area contributed by atoms with Gasteiger partial charge >= 0.3 is 0 Å². The van der Waals surface area contributed by atoms with Crippen molar-refractivity contribution in [2.24, 2.45) is 29.6 Å². The molecule has 3 saturated carbocycles. The summed E-state index contributed by atoms with van der Waals surface area (Å²) in [5.74, 6) is 3.91. The minimum Gasteiger partial charge on any atom is -0.309 e. The van der Waals surface area contributed by atoms with Crippen LogP contribution >= 0.6 is 0 Å². The quantitative estimate of drug-likeness (QED) is 0.688. The van der Waals surface area contributed by atoms with E-state index in [1.807, 2.05) is 0 Å². The van der Waals surface area contributed by atoms with Crippen molar-refractivity contribution in [2.75, 3.05) is 20.6 Å². The van der Waals surface area contributed by atoms with Crippen molar-refractivity contribution in [1.82, 2.24) is 4.90 Å². The van der Waals surface area contributed by atoms with E-state index in [1.54, 1.807) is 0 Å². The molecule has 5 atom stereocenters. The van der Waals surface area contributed by atoms with Gasteiger partial charge in [-0.25, -0.2) is 0 Å². The normalized spacial score (nSPS) is 47.9. The van der Waals surface area contributed by atoms with Gasteiger partial charge in [0.15, 0.2) is 0 Å². The first-order valence-corrected chi connectivity index (χ1v) is 6.37. The fourth-order valence-corrected chi connectivity index (χ4v) is 4.59. The van der Waals surface area contributed by atoms with Gasteiger partial charge < -0.3 is 4.90 Å².